The Labute approximate surface area is 194 Å². The number of nitrogens with one attached hydrogen (secondary N) is 2. The molecule has 0 aliphatic heterocycles. The van der Waals surface area contributed by atoms with Gasteiger partial charge in [-0.05, 0) is 73.2 Å². The van der Waals surface area contributed by atoms with E-state index in [9.17, 15) is 14.4 Å². The number of pyridine rings is 2. The first-order valence-corrected chi connectivity index (χ1v) is 10.5. The van der Waals surface area contributed by atoms with Gasteiger partial charge in [0.15, 0.2) is 0 Å². The number of halogens is 1. The molecule has 0 saturated carbocycles. The van der Waals surface area contributed by atoms with E-state index in [0.717, 1.165) is 16.6 Å². The molecule has 3 heterocycles. The summed E-state index contributed by atoms with van der Waals surface area (Å²) in [7, 11) is 0. The lowest BCUT2D eigenvalue weighted by Crippen LogP contribution is -2.38. The van der Waals surface area contributed by atoms with Crippen LogP contribution in [-0.2, 0) is 0 Å². The third kappa shape index (κ3) is 4.04. The number of rotatable bonds is 5. The number of H-pyrrole nitrogens is 1. The molecule has 34 heavy (non-hydrogen) atoms. The normalized spacial score (nSPS) is 10.9. The van der Waals surface area contributed by atoms with Gasteiger partial charge in [0.2, 0.25) is 5.69 Å². The Kier molecular flexibility index (Phi) is 5.39. The summed E-state index contributed by atoms with van der Waals surface area (Å²) in [4.78, 5) is 20.2. The lowest BCUT2D eigenvalue weighted by Gasteiger charge is -2.13. The van der Waals surface area contributed by atoms with Crippen molar-refractivity contribution >= 4 is 22.6 Å². The topological polar surface area (TPSA) is 93.9 Å². The van der Waals surface area contributed by atoms with Crippen LogP contribution in [0.5, 0.6) is 11.5 Å². The minimum atomic E-state index is -0.557. The third-order valence-electron chi connectivity index (χ3n) is 5.41. The minimum Gasteiger partial charge on any atom is -0.618 e. The molecular weight excluding hydrogens is 435 g/mol. The zero-order valence-corrected chi connectivity index (χ0v) is 18.1. The van der Waals surface area contributed by atoms with Crippen molar-refractivity contribution in [2.24, 2.45) is 0 Å². The van der Waals surface area contributed by atoms with Gasteiger partial charge in [0.25, 0.3) is 5.69 Å². The largest absolute Gasteiger partial charge is 0.618 e. The van der Waals surface area contributed by atoms with Gasteiger partial charge in [-0.25, -0.2) is 9.37 Å². The minimum absolute atomic E-state index is 0.0758. The summed E-state index contributed by atoms with van der Waals surface area (Å²) in [5.41, 5.74) is 2.72. The van der Waals surface area contributed by atoms with Crippen LogP contribution in [0.4, 0.5) is 10.1 Å². The van der Waals surface area contributed by atoms with Crippen molar-refractivity contribution in [3.8, 4) is 22.8 Å². The highest BCUT2D eigenvalue weighted by Crippen LogP contribution is 2.30. The highest BCUT2D eigenvalue weighted by molar-refractivity contribution is 6.02. The average molecular weight is 454 g/mol. The van der Waals surface area contributed by atoms with Gasteiger partial charge in [0, 0.05) is 35.8 Å². The lowest BCUT2D eigenvalue weighted by atomic mass is 10.1. The smallest absolute Gasteiger partial charge is 0.321 e. The summed E-state index contributed by atoms with van der Waals surface area (Å²) in [5, 5.41) is 16.5. The molecule has 0 bridgehead atoms. The van der Waals surface area contributed by atoms with Crippen molar-refractivity contribution < 1.29 is 18.7 Å². The number of hydrogen-bond donors (Lipinski definition) is 2. The third-order valence-corrected chi connectivity index (χ3v) is 5.41. The molecule has 3 aromatic heterocycles. The Bertz CT molecular complexity index is 1510. The zero-order valence-electron chi connectivity index (χ0n) is 18.1. The fourth-order valence-corrected chi connectivity index (χ4v) is 3.68. The van der Waals surface area contributed by atoms with Crippen LogP contribution in [0.1, 0.15) is 16.1 Å². The van der Waals surface area contributed by atoms with Crippen molar-refractivity contribution in [2.75, 3.05) is 5.32 Å². The summed E-state index contributed by atoms with van der Waals surface area (Å²) in [5.74, 6) is 0.298. The molecule has 5 aromatic rings. The molecule has 0 saturated heterocycles. The summed E-state index contributed by atoms with van der Waals surface area (Å²) < 4.78 is 19.8. The Morgan fingerprint density at radius 2 is 1.91 bits per heavy atom. The average Bonchev–Trinajstić information content (AvgIpc) is 3.32. The second-order valence-electron chi connectivity index (χ2n) is 7.68. The van der Waals surface area contributed by atoms with Crippen LogP contribution >= 0.6 is 0 Å². The highest BCUT2D eigenvalue weighted by Gasteiger charge is 2.21. The number of ether oxygens (including phenoxy) is 1. The Balaban J connectivity index is 1.37. The molecule has 2 N–H and O–H groups in total. The number of carbonyl (C=O) groups excluding carboxylic acids is 1. The summed E-state index contributed by atoms with van der Waals surface area (Å²) in [6.07, 6.45) is 3.45. The molecule has 0 atom stereocenters. The number of anilines is 1. The predicted molar refractivity (Wildman–Crippen MR) is 126 cm³/mol. The molecule has 0 aliphatic carbocycles. The van der Waals surface area contributed by atoms with E-state index in [2.05, 4.69) is 15.3 Å². The molecule has 0 radical (unpaired) electrons. The second kappa shape index (κ2) is 8.67. The van der Waals surface area contributed by atoms with E-state index in [1.807, 2.05) is 13.0 Å². The maximum absolute atomic E-state index is 13.2. The number of aryl methyl sites for hydroxylation is 1. The first-order chi connectivity index (χ1) is 16.5. The van der Waals surface area contributed by atoms with E-state index in [4.69, 9.17) is 4.74 Å². The van der Waals surface area contributed by atoms with Crippen molar-refractivity contribution in [1.82, 2.24) is 9.97 Å². The van der Waals surface area contributed by atoms with Gasteiger partial charge in [-0.1, -0.05) is 0 Å². The van der Waals surface area contributed by atoms with E-state index < -0.39 is 11.7 Å². The van der Waals surface area contributed by atoms with Crippen LogP contribution in [0.15, 0.2) is 85.2 Å². The molecule has 0 aliphatic rings. The fraction of sp³-hybridized carbons (Fsp3) is 0.0385. The van der Waals surface area contributed by atoms with E-state index in [0.29, 0.717) is 27.5 Å². The van der Waals surface area contributed by atoms with Crippen molar-refractivity contribution in [2.45, 2.75) is 6.92 Å². The van der Waals surface area contributed by atoms with Gasteiger partial charge in [-0.2, -0.15) is 4.73 Å². The van der Waals surface area contributed by atoms with Crippen LogP contribution in [0.3, 0.4) is 0 Å². The maximum atomic E-state index is 13.2. The molecule has 0 spiro atoms. The van der Waals surface area contributed by atoms with E-state index in [1.165, 1.54) is 30.3 Å². The van der Waals surface area contributed by atoms with Crippen LogP contribution < -0.4 is 14.8 Å². The summed E-state index contributed by atoms with van der Waals surface area (Å²) >= 11 is 0. The quantitative estimate of drug-likeness (QED) is 0.276. The fourth-order valence-electron chi connectivity index (χ4n) is 3.68. The first kappa shape index (κ1) is 21.1. The van der Waals surface area contributed by atoms with Crippen LogP contribution in [0.2, 0.25) is 0 Å². The number of nitrogens with zero attached hydrogens (tertiary/aromatic N) is 2. The van der Waals surface area contributed by atoms with Gasteiger partial charge in [-0.3, -0.25) is 4.79 Å². The van der Waals surface area contributed by atoms with Crippen molar-refractivity contribution in [3.05, 3.63) is 107 Å². The number of aromatic amines is 1. The van der Waals surface area contributed by atoms with Gasteiger partial charge < -0.3 is 20.2 Å². The SMILES string of the molecule is Cc1cc(Oc2ccnc3[nH]ccc23)ccc1NC(=O)c1cccc(-c2ccc(F)cc2)[n+]1[O-]. The molecular formula is C26H19FN4O3. The monoisotopic (exact) mass is 454 g/mol. The summed E-state index contributed by atoms with van der Waals surface area (Å²) in [6.45, 7) is 1.83. The number of aromatic nitrogens is 3. The number of benzene rings is 2. The van der Waals surface area contributed by atoms with Crippen molar-refractivity contribution in [1.29, 1.82) is 0 Å². The van der Waals surface area contributed by atoms with Gasteiger partial charge >= 0.3 is 5.91 Å². The Morgan fingerprint density at radius 1 is 1.09 bits per heavy atom. The molecule has 0 fully saturated rings. The molecule has 5 rings (SSSR count). The molecule has 0 unspecified atom stereocenters. The van der Waals surface area contributed by atoms with E-state index in [-0.39, 0.29) is 11.4 Å². The van der Waals surface area contributed by atoms with Crippen LogP contribution in [0, 0.1) is 17.9 Å². The van der Waals surface area contributed by atoms with Crippen LogP contribution in [0.25, 0.3) is 22.3 Å². The van der Waals surface area contributed by atoms with E-state index in [1.54, 1.807) is 48.8 Å². The second-order valence-corrected chi connectivity index (χ2v) is 7.68. The predicted octanol–water partition coefficient (Wildman–Crippen LogP) is 5.36. The lowest BCUT2D eigenvalue weighted by molar-refractivity contribution is -0.595. The molecule has 8 heteroatoms. The maximum Gasteiger partial charge on any atom is 0.321 e. The van der Waals surface area contributed by atoms with Gasteiger partial charge in [0.05, 0.1) is 5.39 Å². The van der Waals surface area contributed by atoms with Gasteiger partial charge in [0.1, 0.15) is 23.0 Å². The Morgan fingerprint density at radius 3 is 2.71 bits per heavy atom. The molecule has 7 nitrogen and oxygen atoms in total. The Hall–Kier alpha value is -4.72. The number of amides is 1. The van der Waals surface area contributed by atoms with Crippen molar-refractivity contribution in [3.63, 3.8) is 0 Å². The zero-order chi connectivity index (χ0) is 23.7. The number of carbonyl (C=O) groups is 1. The molecule has 1 amide bonds. The first-order valence-electron chi connectivity index (χ1n) is 10.5. The van der Waals surface area contributed by atoms with Gasteiger partial charge in [-0.15, -0.1) is 0 Å². The van der Waals surface area contributed by atoms with Crippen LogP contribution in [-0.4, -0.2) is 15.9 Å². The molecule has 168 valence electrons. The van der Waals surface area contributed by atoms with E-state index >= 15 is 0 Å². The highest BCUT2D eigenvalue weighted by atomic mass is 19.1. The number of hydrogen-bond acceptors (Lipinski definition) is 4. The summed E-state index contributed by atoms with van der Waals surface area (Å²) in [6, 6.07) is 19.1. The number of fused-ring (bicyclic) bond motifs is 1. The molecule has 2 aromatic carbocycles. The standard InChI is InChI=1S/C26H19FN4O3/c1-16-15-19(34-24-12-14-29-25-20(24)11-13-28-25)9-10-21(16)30-26(32)23-4-2-3-22(31(23)33)17-5-7-18(27)8-6-17/h2-15H,1H3,(H,28,29)(H,30,32).